The van der Waals surface area contributed by atoms with Gasteiger partial charge in [-0.1, -0.05) is 52.9 Å². The number of benzene rings is 1. The van der Waals surface area contributed by atoms with Gasteiger partial charge in [-0.25, -0.2) is 0 Å². The van der Waals surface area contributed by atoms with Gasteiger partial charge in [0.15, 0.2) is 0 Å². The molecule has 0 aliphatic heterocycles. The van der Waals surface area contributed by atoms with Crippen molar-refractivity contribution in [1.29, 1.82) is 0 Å². The minimum Gasteiger partial charge on any atom is -0.388 e. The van der Waals surface area contributed by atoms with E-state index >= 15 is 0 Å². The van der Waals surface area contributed by atoms with Gasteiger partial charge in [0, 0.05) is 21.5 Å². The molecule has 1 atom stereocenters. The summed E-state index contributed by atoms with van der Waals surface area (Å²) >= 11 is 9.42. The fraction of sp³-hybridized carbons (Fsp3) is 0.571. The molecule has 100 valence electrons. The largest absolute Gasteiger partial charge is 0.388 e. The minimum absolute atomic E-state index is 0.172. The average molecular weight is 333 g/mol. The zero-order chi connectivity index (χ0) is 13.2. The summed E-state index contributed by atoms with van der Waals surface area (Å²) in [6.07, 6.45) is 5.03. The number of aliphatic hydroxyl groups is 1. The number of hydrogen-bond donors (Lipinski definition) is 2. The molecule has 1 saturated carbocycles. The summed E-state index contributed by atoms with van der Waals surface area (Å²) in [5.74, 6) is 0. The summed E-state index contributed by atoms with van der Waals surface area (Å²) in [4.78, 5) is 0. The third kappa shape index (κ3) is 2.74. The fourth-order valence-electron chi connectivity index (χ4n) is 2.90. The van der Waals surface area contributed by atoms with Crippen LogP contribution in [-0.2, 0) is 0 Å². The Hall–Kier alpha value is -0.0900. The topological polar surface area (TPSA) is 46.2 Å². The molecule has 0 aromatic heterocycles. The summed E-state index contributed by atoms with van der Waals surface area (Å²) < 4.78 is 0.862. The normalized spacial score (nSPS) is 20.7. The highest BCUT2D eigenvalue weighted by molar-refractivity contribution is 9.10. The molecule has 18 heavy (non-hydrogen) atoms. The standard InChI is InChI=1S/C14H19BrClNO/c15-12-8-10(16)4-5-11(12)13(18)14(9-17)6-2-1-3-7-14/h4-5,8,13,18H,1-3,6-7,9,17H2. The molecular formula is C14H19BrClNO. The third-order valence-electron chi connectivity index (χ3n) is 4.09. The lowest BCUT2D eigenvalue weighted by molar-refractivity contribution is 0.000235. The summed E-state index contributed by atoms with van der Waals surface area (Å²) in [5, 5.41) is 11.4. The van der Waals surface area contributed by atoms with Crippen LogP contribution in [0.25, 0.3) is 0 Å². The van der Waals surface area contributed by atoms with Gasteiger partial charge in [-0.15, -0.1) is 0 Å². The van der Waals surface area contributed by atoms with Crippen LogP contribution in [0.3, 0.4) is 0 Å². The molecule has 0 spiro atoms. The lowest BCUT2D eigenvalue weighted by Gasteiger charge is -2.40. The maximum atomic E-state index is 10.7. The number of aliphatic hydroxyl groups excluding tert-OH is 1. The molecule has 0 amide bonds. The Labute approximate surface area is 122 Å². The zero-order valence-corrected chi connectivity index (χ0v) is 12.7. The highest BCUT2D eigenvalue weighted by atomic mass is 79.9. The van der Waals surface area contributed by atoms with Crippen molar-refractivity contribution in [2.45, 2.75) is 38.2 Å². The van der Waals surface area contributed by atoms with E-state index in [4.69, 9.17) is 17.3 Å². The van der Waals surface area contributed by atoms with Crippen molar-refractivity contribution in [3.8, 4) is 0 Å². The molecule has 2 rings (SSSR count). The Morgan fingerprint density at radius 2 is 2.00 bits per heavy atom. The van der Waals surface area contributed by atoms with Crippen LogP contribution in [0.2, 0.25) is 5.02 Å². The molecule has 1 aliphatic carbocycles. The van der Waals surface area contributed by atoms with Crippen molar-refractivity contribution in [2.75, 3.05) is 6.54 Å². The molecule has 0 heterocycles. The van der Waals surface area contributed by atoms with E-state index in [1.165, 1.54) is 6.42 Å². The maximum Gasteiger partial charge on any atom is 0.0869 e. The highest BCUT2D eigenvalue weighted by Gasteiger charge is 2.39. The van der Waals surface area contributed by atoms with E-state index < -0.39 is 6.10 Å². The number of rotatable bonds is 3. The molecule has 1 fully saturated rings. The van der Waals surface area contributed by atoms with Crippen LogP contribution in [0.1, 0.15) is 43.8 Å². The molecule has 0 radical (unpaired) electrons. The Bertz CT molecular complexity index is 418. The first-order valence-electron chi connectivity index (χ1n) is 6.42. The SMILES string of the molecule is NCC1(C(O)c2ccc(Cl)cc2Br)CCCCC1. The lowest BCUT2D eigenvalue weighted by Crippen LogP contribution is -2.38. The van der Waals surface area contributed by atoms with Gasteiger partial charge in [-0.05, 0) is 30.5 Å². The van der Waals surface area contributed by atoms with E-state index in [0.29, 0.717) is 11.6 Å². The van der Waals surface area contributed by atoms with Crippen LogP contribution >= 0.6 is 27.5 Å². The van der Waals surface area contributed by atoms with Gasteiger partial charge in [0.05, 0.1) is 6.10 Å². The number of nitrogens with two attached hydrogens (primary N) is 1. The van der Waals surface area contributed by atoms with Crippen LogP contribution in [0.5, 0.6) is 0 Å². The quantitative estimate of drug-likeness (QED) is 0.877. The second-order valence-corrected chi connectivity index (χ2v) is 6.49. The molecule has 3 N–H and O–H groups in total. The molecule has 4 heteroatoms. The monoisotopic (exact) mass is 331 g/mol. The van der Waals surface area contributed by atoms with Gasteiger partial charge in [0.25, 0.3) is 0 Å². The predicted octanol–water partition coefficient (Wildman–Crippen LogP) is 4.05. The molecule has 0 bridgehead atoms. The first kappa shape index (κ1) is 14.3. The van der Waals surface area contributed by atoms with Crippen molar-refractivity contribution in [3.63, 3.8) is 0 Å². The maximum absolute atomic E-state index is 10.7. The van der Waals surface area contributed by atoms with Crippen molar-refractivity contribution >= 4 is 27.5 Å². The molecule has 1 unspecified atom stereocenters. The van der Waals surface area contributed by atoms with Crippen LogP contribution < -0.4 is 5.73 Å². The van der Waals surface area contributed by atoms with Crippen molar-refractivity contribution in [2.24, 2.45) is 11.1 Å². The Morgan fingerprint density at radius 3 is 2.56 bits per heavy atom. The van der Waals surface area contributed by atoms with E-state index in [0.717, 1.165) is 35.7 Å². The molecule has 2 nitrogen and oxygen atoms in total. The van der Waals surface area contributed by atoms with E-state index in [1.54, 1.807) is 0 Å². The number of halogens is 2. The average Bonchev–Trinajstić information content (AvgIpc) is 2.39. The van der Waals surface area contributed by atoms with E-state index in [1.807, 2.05) is 18.2 Å². The Balaban J connectivity index is 2.30. The zero-order valence-electron chi connectivity index (χ0n) is 10.3. The minimum atomic E-state index is -0.519. The highest BCUT2D eigenvalue weighted by Crippen LogP contribution is 2.46. The molecular weight excluding hydrogens is 314 g/mol. The first-order chi connectivity index (χ1) is 8.59. The Kier molecular flexibility index (Phi) is 4.70. The summed E-state index contributed by atoms with van der Waals surface area (Å²) in [5.41, 5.74) is 6.68. The van der Waals surface area contributed by atoms with E-state index in [9.17, 15) is 5.11 Å². The second kappa shape index (κ2) is 5.91. The van der Waals surface area contributed by atoms with Crippen LogP contribution in [0.15, 0.2) is 22.7 Å². The van der Waals surface area contributed by atoms with Gasteiger partial charge in [0.1, 0.15) is 0 Å². The number of hydrogen-bond acceptors (Lipinski definition) is 2. The Morgan fingerprint density at radius 1 is 1.33 bits per heavy atom. The first-order valence-corrected chi connectivity index (χ1v) is 7.59. The molecule has 1 aromatic rings. The van der Waals surface area contributed by atoms with Crippen molar-refractivity contribution in [3.05, 3.63) is 33.3 Å². The summed E-state index contributed by atoms with van der Waals surface area (Å²) in [6, 6.07) is 5.54. The van der Waals surface area contributed by atoms with Crippen molar-refractivity contribution in [1.82, 2.24) is 0 Å². The molecule has 1 aromatic carbocycles. The van der Waals surface area contributed by atoms with Gasteiger partial charge < -0.3 is 10.8 Å². The van der Waals surface area contributed by atoms with Crippen LogP contribution in [0, 0.1) is 5.41 Å². The second-order valence-electron chi connectivity index (χ2n) is 5.20. The van der Waals surface area contributed by atoms with E-state index in [2.05, 4.69) is 15.9 Å². The van der Waals surface area contributed by atoms with Gasteiger partial charge in [-0.3, -0.25) is 0 Å². The summed E-state index contributed by atoms with van der Waals surface area (Å²) in [7, 11) is 0. The van der Waals surface area contributed by atoms with Crippen LogP contribution in [0.4, 0.5) is 0 Å². The van der Waals surface area contributed by atoms with Gasteiger partial charge in [0.2, 0.25) is 0 Å². The summed E-state index contributed by atoms with van der Waals surface area (Å²) in [6.45, 7) is 0.531. The lowest BCUT2D eigenvalue weighted by atomic mass is 9.68. The van der Waals surface area contributed by atoms with E-state index in [-0.39, 0.29) is 5.41 Å². The predicted molar refractivity (Wildman–Crippen MR) is 78.7 cm³/mol. The van der Waals surface area contributed by atoms with Gasteiger partial charge in [-0.2, -0.15) is 0 Å². The van der Waals surface area contributed by atoms with Crippen LogP contribution in [-0.4, -0.2) is 11.7 Å². The van der Waals surface area contributed by atoms with Gasteiger partial charge >= 0.3 is 0 Å². The third-order valence-corrected chi connectivity index (χ3v) is 5.01. The molecule has 1 aliphatic rings. The fourth-order valence-corrected chi connectivity index (χ4v) is 3.80. The molecule has 0 saturated heterocycles. The van der Waals surface area contributed by atoms with Crippen molar-refractivity contribution < 1.29 is 5.11 Å². The smallest absolute Gasteiger partial charge is 0.0869 e.